The lowest BCUT2D eigenvalue weighted by Crippen LogP contribution is -2.00. The van der Waals surface area contributed by atoms with E-state index in [0.29, 0.717) is 16.5 Å². The van der Waals surface area contributed by atoms with Crippen molar-refractivity contribution in [3.8, 4) is 6.07 Å². The molecule has 0 bridgehead atoms. The van der Waals surface area contributed by atoms with Crippen LogP contribution in [-0.4, -0.2) is 16.1 Å². The molecule has 2 aromatic rings. The van der Waals surface area contributed by atoms with Crippen LogP contribution in [0.15, 0.2) is 18.2 Å². The molecule has 0 fully saturated rings. The Morgan fingerprint density at radius 2 is 2.27 bits per heavy atom. The number of aromatic carboxylic acids is 1. The normalized spacial score (nSPS) is 10.1. The summed E-state index contributed by atoms with van der Waals surface area (Å²) in [4.78, 5) is 13.4. The molecule has 0 atom stereocenters. The molecule has 0 saturated heterocycles. The maximum atomic E-state index is 10.8. The summed E-state index contributed by atoms with van der Waals surface area (Å²) >= 11 is 0. The highest BCUT2D eigenvalue weighted by atomic mass is 16.4. The Bertz CT molecular complexity index is 592. The molecule has 5 heteroatoms. The predicted molar refractivity (Wildman–Crippen MR) is 54.4 cm³/mol. The van der Waals surface area contributed by atoms with Gasteiger partial charge < -0.3 is 15.8 Å². The zero-order valence-electron chi connectivity index (χ0n) is 7.61. The molecule has 0 spiro atoms. The van der Waals surface area contributed by atoms with Gasteiger partial charge in [0.1, 0.15) is 5.69 Å². The Morgan fingerprint density at radius 1 is 1.53 bits per heavy atom. The molecule has 15 heavy (non-hydrogen) atoms. The molecule has 4 N–H and O–H groups in total. The number of hydrogen-bond donors (Lipinski definition) is 3. The number of benzene rings is 1. The van der Waals surface area contributed by atoms with Gasteiger partial charge in [-0.05, 0) is 18.2 Å². The van der Waals surface area contributed by atoms with E-state index in [9.17, 15) is 4.79 Å². The Morgan fingerprint density at radius 3 is 2.87 bits per heavy atom. The third kappa shape index (κ3) is 1.28. The number of rotatable bonds is 1. The van der Waals surface area contributed by atoms with E-state index >= 15 is 0 Å². The van der Waals surface area contributed by atoms with Gasteiger partial charge in [0.15, 0.2) is 0 Å². The van der Waals surface area contributed by atoms with Crippen molar-refractivity contribution in [2.24, 2.45) is 0 Å². The maximum Gasteiger partial charge on any atom is 0.354 e. The minimum absolute atomic E-state index is 0.0416. The van der Waals surface area contributed by atoms with Gasteiger partial charge in [-0.25, -0.2) is 4.79 Å². The first-order valence-corrected chi connectivity index (χ1v) is 4.18. The number of aromatic nitrogens is 1. The molecule has 0 aliphatic carbocycles. The molecular formula is C10H7N3O2. The quantitative estimate of drug-likeness (QED) is 0.647. The molecule has 0 unspecified atom stereocenters. The second-order valence-corrected chi connectivity index (χ2v) is 3.09. The van der Waals surface area contributed by atoms with Crippen molar-refractivity contribution in [3.05, 3.63) is 29.5 Å². The van der Waals surface area contributed by atoms with Crippen molar-refractivity contribution in [1.82, 2.24) is 4.98 Å². The van der Waals surface area contributed by atoms with Gasteiger partial charge in [-0.1, -0.05) is 0 Å². The third-order valence-electron chi connectivity index (χ3n) is 2.18. The number of anilines is 1. The number of fused-ring (bicyclic) bond motifs is 1. The second-order valence-electron chi connectivity index (χ2n) is 3.09. The molecule has 1 aromatic heterocycles. The van der Waals surface area contributed by atoms with Crippen LogP contribution in [0.3, 0.4) is 0 Å². The predicted octanol–water partition coefficient (Wildman–Crippen LogP) is 1.32. The Labute approximate surface area is 84.7 Å². The lowest BCUT2D eigenvalue weighted by Gasteiger charge is -1.91. The monoisotopic (exact) mass is 201 g/mol. The summed E-state index contributed by atoms with van der Waals surface area (Å²) in [6, 6.07) is 6.76. The van der Waals surface area contributed by atoms with Crippen LogP contribution in [0.25, 0.3) is 10.9 Å². The fourth-order valence-electron chi connectivity index (χ4n) is 1.46. The van der Waals surface area contributed by atoms with E-state index < -0.39 is 5.97 Å². The van der Waals surface area contributed by atoms with Gasteiger partial charge in [0.2, 0.25) is 0 Å². The summed E-state index contributed by atoms with van der Waals surface area (Å²) in [7, 11) is 0. The van der Waals surface area contributed by atoms with Gasteiger partial charge in [0, 0.05) is 10.9 Å². The van der Waals surface area contributed by atoms with Gasteiger partial charge in [0.25, 0.3) is 0 Å². The highest BCUT2D eigenvalue weighted by Crippen LogP contribution is 2.25. The minimum Gasteiger partial charge on any atom is -0.477 e. The molecule has 1 heterocycles. The third-order valence-corrected chi connectivity index (χ3v) is 2.18. The van der Waals surface area contributed by atoms with E-state index in [1.54, 1.807) is 18.2 Å². The Hall–Kier alpha value is -2.48. The topological polar surface area (TPSA) is 103 Å². The number of hydrogen-bond acceptors (Lipinski definition) is 3. The van der Waals surface area contributed by atoms with E-state index in [2.05, 4.69) is 4.98 Å². The first-order valence-electron chi connectivity index (χ1n) is 4.18. The molecule has 2 rings (SSSR count). The maximum absolute atomic E-state index is 10.8. The van der Waals surface area contributed by atoms with E-state index in [1.165, 1.54) is 0 Å². The summed E-state index contributed by atoms with van der Waals surface area (Å²) < 4.78 is 0. The van der Waals surface area contributed by atoms with Crippen LogP contribution in [0, 0.1) is 11.3 Å². The molecule has 0 aliphatic heterocycles. The second kappa shape index (κ2) is 3.03. The van der Waals surface area contributed by atoms with Crippen molar-refractivity contribution < 1.29 is 9.90 Å². The van der Waals surface area contributed by atoms with Crippen molar-refractivity contribution >= 4 is 22.6 Å². The van der Waals surface area contributed by atoms with Gasteiger partial charge in [0.05, 0.1) is 17.3 Å². The number of nitrogens with zero attached hydrogens (tertiary/aromatic N) is 1. The number of carbonyl (C=O) groups is 1. The van der Waals surface area contributed by atoms with Crippen molar-refractivity contribution in [2.75, 3.05) is 5.73 Å². The summed E-state index contributed by atoms with van der Waals surface area (Å²) in [5.41, 5.74) is 6.81. The molecule has 74 valence electrons. The summed E-state index contributed by atoms with van der Waals surface area (Å²) in [6.45, 7) is 0. The van der Waals surface area contributed by atoms with E-state index in [-0.39, 0.29) is 11.4 Å². The standard InChI is InChI=1S/C10H7N3O2/c11-4-5-1-2-6-7(3-5)13-9(8(6)12)10(14)15/h1-3,13H,12H2,(H,14,15). The van der Waals surface area contributed by atoms with Crippen LogP contribution in [0.1, 0.15) is 16.1 Å². The molecule has 0 amide bonds. The zero-order chi connectivity index (χ0) is 11.0. The van der Waals surface area contributed by atoms with E-state index in [0.717, 1.165) is 0 Å². The van der Waals surface area contributed by atoms with Crippen LogP contribution in [0.5, 0.6) is 0 Å². The highest BCUT2D eigenvalue weighted by Gasteiger charge is 2.14. The first-order chi connectivity index (χ1) is 7.13. The fourth-order valence-corrected chi connectivity index (χ4v) is 1.46. The van der Waals surface area contributed by atoms with E-state index in [4.69, 9.17) is 16.1 Å². The number of aromatic amines is 1. The average Bonchev–Trinajstić information content (AvgIpc) is 2.55. The molecule has 1 aromatic carbocycles. The van der Waals surface area contributed by atoms with Crippen LogP contribution in [0.2, 0.25) is 0 Å². The molecule has 0 saturated carbocycles. The lowest BCUT2D eigenvalue weighted by atomic mass is 10.1. The molecule has 5 nitrogen and oxygen atoms in total. The minimum atomic E-state index is -1.11. The SMILES string of the molecule is N#Cc1ccc2c(N)c(C(=O)O)[nH]c2c1. The molecule has 0 radical (unpaired) electrons. The smallest absolute Gasteiger partial charge is 0.354 e. The number of carboxylic acids is 1. The zero-order valence-corrected chi connectivity index (χ0v) is 7.61. The van der Waals surface area contributed by atoms with Crippen LogP contribution in [-0.2, 0) is 0 Å². The van der Waals surface area contributed by atoms with Gasteiger partial charge in [-0.15, -0.1) is 0 Å². The summed E-state index contributed by atoms with van der Waals surface area (Å²) in [6.07, 6.45) is 0. The van der Waals surface area contributed by atoms with Crippen LogP contribution in [0.4, 0.5) is 5.69 Å². The fraction of sp³-hybridized carbons (Fsp3) is 0. The van der Waals surface area contributed by atoms with Crippen molar-refractivity contribution in [3.63, 3.8) is 0 Å². The highest BCUT2D eigenvalue weighted by molar-refractivity contribution is 6.04. The largest absolute Gasteiger partial charge is 0.477 e. The summed E-state index contributed by atoms with van der Waals surface area (Å²) in [5.74, 6) is -1.11. The number of H-pyrrole nitrogens is 1. The molecular weight excluding hydrogens is 194 g/mol. The first kappa shape index (κ1) is 9.09. The molecule has 0 aliphatic rings. The van der Waals surface area contributed by atoms with Crippen molar-refractivity contribution in [2.45, 2.75) is 0 Å². The Balaban J connectivity index is 2.77. The number of nitriles is 1. The summed E-state index contributed by atoms with van der Waals surface area (Å²) in [5, 5.41) is 18.1. The average molecular weight is 201 g/mol. The van der Waals surface area contributed by atoms with Crippen LogP contribution < -0.4 is 5.73 Å². The van der Waals surface area contributed by atoms with Crippen LogP contribution >= 0.6 is 0 Å². The number of nitrogen functional groups attached to an aromatic ring is 1. The van der Waals surface area contributed by atoms with Gasteiger partial charge >= 0.3 is 5.97 Å². The number of nitrogens with one attached hydrogen (secondary N) is 1. The van der Waals surface area contributed by atoms with Gasteiger partial charge in [-0.2, -0.15) is 5.26 Å². The van der Waals surface area contributed by atoms with E-state index in [1.807, 2.05) is 6.07 Å². The Kier molecular flexibility index (Phi) is 1.83. The number of nitrogens with two attached hydrogens (primary N) is 1. The van der Waals surface area contributed by atoms with Gasteiger partial charge in [-0.3, -0.25) is 0 Å². The van der Waals surface area contributed by atoms with Crippen molar-refractivity contribution in [1.29, 1.82) is 5.26 Å². The lowest BCUT2D eigenvalue weighted by molar-refractivity contribution is 0.0692. The number of carboxylic acid groups (broad SMARTS) is 1.